The first-order valence-electron chi connectivity index (χ1n) is 5.39. The summed E-state index contributed by atoms with van der Waals surface area (Å²) in [5, 5.41) is 0. The standard InChI is InChI=1S/C12H23I/c1-5-10(4)12(7-3)11(6-2)8-9-13/h6,10-12H,2,5,7-9H2,1,3-4H3. The first kappa shape index (κ1) is 13.5. The minimum atomic E-state index is 0.733. The molecule has 0 aliphatic carbocycles. The summed E-state index contributed by atoms with van der Waals surface area (Å²) >= 11 is 2.46. The average molecular weight is 294 g/mol. The van der Waals surface area contributed by atoms with Crippen molar-refractivity contribution in [1.29, 1.82) is 0 Å². The van der Waals surface area contributed by atoms with Gasteiger partial charge in [-0.2, -0.15) is 0 Å². The quantitative estimate of drug-likeness (QED) is 0.363. The van der Waals surface area contributed by atoms with Gasteiger partial charge in [-0.25, -0.2) is 0 Å². The number of alkyl halides is 1. The van der Waals surface area contributed by atoms with Gasteiger partial charge in [0.25, 0.3) is 0 Å². The van der Waals surface area contributed by atoms with Gasteiger partial charge in [0.05, 0.1) is 0 Å². The van der Waals surface area contributed by atoms with Crippen LogP contribution in [0.5, 0.6) is 0 Å². The third-order valence-electron chi connectivity index (χ3n) is 3.14. The molecule has 0 fully saturated rings. The SMILES string of the molecule is C=CC(CCI)C(CC)C(C)CC. The van der Waals surface area contributed by atoms with Gasteiger partial charge in [-0.15, -0.1) is 6.58 Å². The molecule has 0 N–H and O–H groups in total. The van der Waals surface area contributed by atoms with Crippen LogP contribution in [0.3, 0.4) is 0 Å². The summed E-state index contributed by atoms with van der Waals surface area (Å²) in [4.78, 5) is 0. The van der Waals surface area contributed by atoms with Crippen LogP contribution in [0.1, 0.15) is 40.0 Å². The van der Waals surface area contributed by atoms with E-state index in [-0.39, 0.29) is 0 Å². The predicted molar refractivity (Wildman–Crippen MR) is 70.4 cm³/mol. The molecule has 0 aliphatic heterocycles. The lowest BCUT2D eigenvalue weighted by molar-refractivity contribution is 0.260. The molecule has 0 aliphatic rings. The second kappa shape index (κ2) is 7.84. The highest BCUT2D eigenvalue weighted by molar-refractivity contribution is 14.1. The molecule has 3 atom stereocenters. The van der Waals surface area contributed by atoms with Crippen molar-refractivity contribution in [2.24, 2.45) is 17.8 Å². The Morgan fingerprint density at radius 1 is 1.31 bits per heavy atom. The van der Waals surface area contributed by atoms with Gasteiger partial charge < -0.3 is 0 Å². The molecule has 0 aromatic heterocycles. The Morgan fingerprint density at radius 3 is 2.23 bits per heavy atom. The van der Waals surface area contributed by atoms with Crippen molar-refractivity contribution in [2.45, 2.75) is 40.0 Å². The first-order valence-corrected chi connectivity index (χ1v) is 6.92. The zero-order chi connectivity index (χ0) is 10.3. The molecule has 3 unspecified atom stereocenters. The van der Waals surface area contributed by atoms with E-state index < -0.39 is 0 Å². The van der Waals surface area contributed by atoms with Crippen molar-refractivity contribution in [2.75, 3.05) is 4.43 Å². The highest BCUT2D eigenvalue weighted by atomic mass is 127. The van der Waals surface area contributed by atoms with Gasteiger partial charge in [-0.3, -0.25) is 0 Å². The van der Waals surface area contributed by atoms with Crippen LogP contribution in [0, 0.1) is 17.8 Å². The van der Waals surface area contributed by atoms with E-state index in [4.69, 9.17) is 0 Å². The maximum Gasteiger partial charge on any atom is 0.0000976 e. The van der Waals surface area contributed by atoms with E-state index in [1.54, 1.807) is 0 Å². The van der Waals surface area contributed by atoms with Crippen molar-refractivity contribution < 1.29 is 0 Å². The normalized spacial score (nSPS) is 17.8. The molecule has 78 valence electrons. The minimum absolute atomic E-state index is 0.733. The zero-order valence-corrected chi connectivity index (χ0v) is 11.4. The molecule has 0 saturated carbocycles. The molecule has 0 bridgehead atoms. The van der Waals surface area contributed by atoms with Crippen molar-refractivity contribution in [3.8, 4) is 0 Å². The van der Waals surface area contributed by atoms with Gasteiger partial charge in [-0.05, 0) is 24.2 Å². The zero-order valence-electron chi connectivity index (χ0n) is 9.22. The Kier molecular flexibility index (Phi) is 8.12. The molecule has 0 amide bonds. The smallest absolute Gasteiger partial charge is 0.0000976 e. The van der Waals surface area contributed by atoms with Crippen LogP contribution in [-0.4, -0.2) is 4.43 Å². The maximum atomic E-state index is 3.96. The molecular weight excluding hydrogens is 271 g/mol. The van der Waals surface area contributed by atoms with Gasteiger partial charge in [0.15, 0.2) is 0 Å². The van der Waals surface area contributed by atoms with Crippen LogP contribution < -0.4 is 0 Å². The van der Waals surface area contributed by atoms with E-state index >= 15 is 0 Å². The third-order valence-corrected chi connectivity index (χ3v) is 3.76. The summed E-state index contributed by atoms with van der Waals surface area (Å²) in [7, 11) is 0. The van der Waals surface area contributed by atoms with E-state index in [0.717, 1.165) is 17.8 Å². The number of hydrogen-bond donors (Lipinski definition) is 0. The Labute approximate surface area is 97.3 Å². The topological polar surface area (TPSA) is 0 Å². The van der Waals surface area contributed by atoms with Crippen LogP contribution in [0.4, 0.5) is 0 Å². The average Bonchev–Trinajstić information content (AvgIpc) is 2.17. The molecule has 13 heavy (non-hydrogen) atoms. The molecule has 0 heterocycles. The van der Waals surface area contributed by atoms with Gasteiger partial charge in [0.2, 0.25) is 0 Å². The molecule has 0 radical (unpaired) electrons. The lowest BCUT2D eigenvalue weighted by Gasteiger charge is -2.28. The number of halogens is 1. The summed E-state index contributed by atoms with van der Waals surface area (Å²) in [6, 6.07) is 0. The minimum Gasteiger partial charge on any atom is -0.103 e. The Bertz CT molecular complexity index is 131. The van der Waals surface area contributed by atoms with E-state index in [2.05, 4.69) is 56.0 Å². The van der Waals surface area contributed by atoms with E-state index in [9.17, 15) is 0 Å². The molecule has 0 spiro atoms. The Morgan fingerprint density at radius 2 is 1.92 bits per heavy atom. The van der Waals surface area contributed by atoms with E-state index in [1.807, 2.05) is 0 Å². The fraction of sp³-hybridized carbons (Fsp3) is 0.833. The number of allylic oxidation sites excluding steroid dienone is 1. The van der Waals surface area contributed by atoms with Gasteiger partial charge in [0.1, 0.15) is 0 Å². The Balaban J connectivity index is 4.23. The first-order chi connectivity index (χ1) is 6.21. The summed E-state index contributed by atoms with van der Waals surface area (Å²) in [6.45, 7) is 10.9. The Hall–Kier alpha value is 0.470. The van der Waals surface area contributed by atoms with Crippen molar-refractivity contribution in [1.82, 2.24) is 0 Å². The monoisotopic (exact) mass is 294 g/mol. The predicted octanol–water partition coefficient (Wildman–Crippen LogP) is 4.69. The van der Waals surface area contributed by atoms with Crippen LogP contribution in [0.2, 0.25) is 0 Å². The summed E-state index contributed by atoms with van der Waals surface area (Å²) in [5.74, 6) is 2.42. The molecular formula is C12H23I. The number of rotatable bonds is 7. The van der Waals surface area contributed by atoms with Crippen molar-refractivity contribution in [3.05, 3.63) is 12.7 Å². The van der Waals surface area contributed by atoms with Gasteiger partial charge in [-0.1, -0.05) is 62.3 Å². The van der Waals surface area contributed by atoms with E-state index in [1.165, 1.54) is 23.7 Å². The molecule has 0 aromatic carbocycles. The van der Waals surface area contributed by atoms with Gasteiger partial charge in [0, 0.05) is 4.43 Å². The fourth-order valence-corrected chi connectivity index (χ4v) is 2.78. The second-order valence-electron chi connectivity index (χ2n) is 3.83. The fourth-order valence-electron chi connectivity index (χ4n) is 2.06. The van der Waals surface area contributed by atoms with Crippen LogP contribution in [-0.2, 0) is 0 Å². The molecule has 0 rings (SSSR count). The number of hydrogen-bond acceptors (Lipinski definition) is 0. The van der Waals surface area contributed by atoms with E-state index in [0.29, 0.717) is 0 Å². The third kappa shape index (κ3) is 4.48. The van der Waals surface area contributed by atoms with Gasteiger partial charge >= 0.3 is 0 Å². The summed E-state index contributed by atoms with van der Waals surface area (Å²) < 4.78 is 1.25. The van der Waals surface area contributed by atoms with Crippen LogP contribution in [0.15, 0.2) is 12.7 Å². The second-order valence-corrected chi connectivity index (χ2v) is 4.91. The maximum absolute atomic E-state index is 3.96. The molecule has 0 saturated heterocycles. The van der Waals surface area contributed by atoms with Crippen LogP contribution >= 0.6 is 22.6 Å². The summed E-state index contributed by atoms with van der Waals surface area (Å²) in [5.41, 5.74) is 0. The largest absolute Gasteiger partial charge is 0.103 e. The lowest BCUT2D eigenvalue weighted by Crippen LogP contribution is -2.19. The summed E-state index contributed by atoms with van der Waals surface area (Å²) in [6.07, 6.45) is 6.05. The lowest BCUT2D eigenvalue weighted by atomic mass is 9.78. The molecule has 0 aromatic rings. The molecule has 1 heteroatoms. The highest BCUT2D eigenvalue weighted by Crippen LogP contribution is 2.30. The highest BCUT2D eigenvalue weighted by Gasteiger charge is 2.21. The van der Waals surface area contributed by atoms with Crippen LogP contribution in [0.25, 0.3) is 0 Å². The van der Waals surface area contributed by atoms with Crippen molar-refractivity contribution in [3.63, 3.8) is 0 Å². The molecule has 0 nitrogen and oxygen atoms in total. The van der Waals surface area contributed by atoms with Crippen molar-refractivity contribution >= 4 is 22.6 Å².